The second-order valence-electron chi connectivity index (χ2n) is 11.4. The smallest absolute Gasteiger partial charge is 0.274 e. The Morgan fingerprint density at radius 2 is 0.976 bits per heavy atom. The van der Waals surface area contributed by atoms with Crippen molar-refractivity contribution in [1.29, 1.82) is 0 Å². The van der Waals surface area contributed by atoms with E-state index in [0.717, 1.165) is 11.1 Å². The molecular weight excluding hydrogens is 605 g/mol. The molecule has 1 aliphatic heterocycles. The molecule has 0 aromatic heterocycles. The number of benzene rings is 1. The summed E-state index contributed by atoms with van der Waals surface area (Å²) in [5.74, 6) is -41.2. The number of imide groups is 1. The first-order valence-electron chi connectivity index (χ1n) is 12.2. The van der Waals surface area contributed by atoms with Gasteiger partial charge in [-0.3, -0.25) is 9.59 Å². The van der Waals surface area contributed by atoms with Crippen LogP contribution in [0.2, 0.25) is 0 Å². The Morgan fingerprint density at radius 3 is 1.33 bits per heavy atom. The van der Waals surface area contributed by atoms with Crippen LogP contribution < -0.4 is 4.90 Å². The molecule has 42 heavy (non-hydrogen) atoms. The fourth-order valence-electron chi connectivity index (χ4n) is 6.99. The van der Waals surface area contributed by atoms with E-state index in [0.29, 0.717) is 17.0 Å². The molecule has 2 bridgehead atoms. The van der Waals surface area contributed by atoms with E-state index in [2.05, 4.69) is 0 Å². The van der Waals surface area contributed by atoms with Crippen LogP contribution >= 0.6 is 0 Å². The van der Waals surface area contributed by atoms with Crippen LogP contribution in [0.1, 0.15) is 40.2 Å². The van der Waals surface area contributed by atoms with Crippen molar-refractivity contribution in [2.24, 2.45) is 28.6 Å². The minimum Gasteiger partial charge on any atom is -0.274 e. The Bertz CT molecular complexity index is 1340. The van der Waals surface area contributed by atoms with Crippen molar-refractivity contribution >= 4 is 17.5 Å². The summed E-state index contributed by atoms with van der Waals surface area (Å²) in [4.78, 5) is 27.5. The average molecular weight is 627 g/mol. The molecule has 3 aliphatic rings. The summed E-state index contributed by atoms with van der Waals surface area (Å²) < 4.78 is 176. The lowest BCUT2D eigenvalue weighted by Crippen LogP contribution is -2.69. The van der Waals surface area contributed by atoms with Gasteiger partial charge in [-0.05, 0) is 31.9 Å². The third kappa shape index (κ3) is 3.26. The van der Waals surface area contributed by atoms with Crippen LogP contribution in [0.15, 0.2) is 35.4 Å². The van der Waals surface area contributed by atoms with Crippen LogP contribution in [0, 0.1) is 28.6 Å². The van der Waals surface area contributed by atoms with Gasteiger partial charge >= 0.3 is 35.8 Å². The predicted octanol–water partition coefficient (Wildman–Crippen LogP) is 8.00. The molecule has 4 rings (SSSR count). The highest BCUT2D eigenvalue weighted by Crippen LogP contribution is 2.74. The zero-order valence-corrected chi connectivity index (χ0v) is 22.2. The quantitative estimate of drug-likeness (QED) is 0.182. The summed E-state index contributed by atoms with van der Waals surface area (Å²) in [5.41, 5.74) is -2.50. The van der Waals surface area contributed by atoms with Crippen molar-refractivity contribution in [3.63, 3.8) is 0 Å². The third-order valence-corrected chi connectivity index (χ3v) is 10.00. The molecule has 0 N–H and O–H groups in total. The highest BCUT2D eigenvalue weighted by molar-refractivity contribution is 6.23. The molecule has 2 aliphatic carbocycles. The molecule has 1 aromatic rings. The van der Waals surface area contributed by atoms with E-state index in [1.54, 1.807) is 27.7 Å². The standard InChI is InChI=1S/C26H22F13NO2/c1-10-11(2)20(5)12(3)19(10,4)15-16(20)18(42)40(17(15)41)14-8-6-13(7-9-14)21(27,28)22(29,30)23(31,32)24(33,34)25(35,36)26(37,38)39/h6-9,12,15-16H,1-5H3/t12?,15-,16+,19-,20+. The minimum absolute atomic E-state index is 0.0521. The van der Waals surface area contributed by atoms with Crippen molar-refractivity contribution < 1.29 is 66.7 Å². The summed E-state index contributed by atoms with van der Waals surface area (Å²) in [7, 11) is 0. The number of carbonyl (C=O) groups excluding carboxylic acids is 2. The first-order chi connectivity index (χ1) is 18.6. The first-order valence-corrected chi connectivity index (χ1v) is 12.2. The molecule has 5 atom stereocenters. The SMILES string of the molecule is CC1=C(C)[C@]2(C)C(C)[C@@]1(C)[C@@H]1C(=O)N(c3ccc(C(F)(F)C(F)(F)C(F)(F)C(F)(F)C(F)(F)C(F)(F)F)cc3)C(=O)[C@@H]12. The topological polar surface area (TPSA) is 37.4 Å². The number of fused-ring (bicyclic) bond motifs is 5. The number of alkyl halides is 13. The molecule has 1 saturated carbocycles. The van der Waals surface area contributed by atoms with E-state index in [1.165, 1.54) is 0 Å². The number of amides is 2. The second-order valence-corrected chi connectivity index (χ2v) is 11.4. The normalized spacial score (nSPS) is 31.0. The van der Waals surface area contributed by atoms with Gasteiger partial charge in [0.15, 0.2) is 0 Å². The maximum absolute atomic E-state index is 14.6. The molecule has 1 saturated heterocycles. The fraction of sp³-hybridized carbons (Fsp3) is 0.615. The Morgan fingerprint density at radius 1 is 0.619 bits per heavy atom. The van der Waals surface area contributed by atoms with E-state index < -0.39 is 81.5 Å². The van der Waals surface area contributed by atoms with E-state index in [4.69, 9.17) is 0 Å². The van der Waals surface area contributed by atoms with E-state index in [-0.39, 0.29) is 18.1 Å². The Hall–Kier alpha value is -2.81. The van der Waals surface area contributed by atoms with Gasteiger partial charge in [0.2, 0.25) is 11.8 Å². The molecule has 234 valence electrons. The monoisotopic (exact) mass is 627 g/mol. The summed E-state index contributed by atoms with van der Waals surface area (Å²) in [6.07, 6.45) is -7.50. The Balaban J connectivity index is 1.70. The van der Waals surface area contributed by atoms with Crippen LogP contribution in [0.5, 0.6) is 0 Å². The third-order valence-electron chi connectivity index (χ3n) is 10.00. The van der Waals surface area contributed by atoms with Gasteiger partial charge in [0.1, 0.15) is 0 Å². The van der Waals surface area contributed by atoms with E-state index >= 15 is 0 Å². The van der Waals surface area contributed by atoms with Gasteiger partial charge in [-0.1, -0.05) is 44.1 Å². The molecule has 3 nitrogen and oxygen atoms in total. The van der Waals surface area contributed by atoms with Crippen LogP contribution in [0.25, 0.3) is 0 Å². The van der Waals surface area contributed by atoms with Gasteiger partial charge in [-0.15, -0.1) is 0 Å². The van der Waals surface area contributed by atoms with Gasteiger partial charge in [-0.25, -0.2) is 4.90 Å². The summed E-state index contributed by atoms with van der Waals surface area (Å²) >= 11 is 0. The van der Waals surface area contributed by atoms with Gasteiger partial charge in [0.05, 0.1) is 17.5 Å². The Kier molecular flexibility index (Phi) is 6.44. The number of hydrogen-bond donors (Lipinski definition) is 0. The van der Waals surface area contributed by atoms with Gasteiger partial charge < -0.3 is 0 Å². The average Bonchev–Trinajstić information content (AvgIpc) is 3.29. The largest absolute Gasteiger partial charge is 0.460 e. The lowest BCUT2D eigenvalue weighted by molar-refractivity contribution is -0.441. The first kappa shape index (κ1) is 32.1. The lowest BCUT2D eigenvalue weighted by atomic mass is 9.66. The van der Waals surface area contributed by atoms with E-state index in [1.807, 2.05) is 6.92 Å². The number of hydrogen-bond acceptors (Lipinski definition) is 2. The van der Waals surface area contributed by atoms with Crippen molar-refractivity contribution in [1.82, 2.24) is 0 Å². The molecule has 1 heterocycles. The van der Waals surface area contributed by atoms with Crippen molar-refractivity contribution in [3.8, 4) is 0 Å². The van der Waals surface area contributed by atoms with Crippen molar-refractivity contribution in [3.05, 3.63) is 41.0 Å². The number of allylic oxidation sites excluding steroid dienone is 2. The number of halogens is 13. The minimum atomic E-state index is -8.01. The molecule has 0 spiro atoms. The maximum Gasteiger partial charge on any atom is 0.460 e. The fourth-order valence-corrected chi connectivity index (χ4v) is 6.99. The molecular formula is C26H22F13NO2. The molecule has 16 heteroatoms. The zero-order chi connectivity index (χ0) is 32.6. The number of nitrogens with zero attached hydrogens (tertiary/aromatic N) is 1. The van der Waals surface area contributed by atoms with Crippen LogP contribution in [0.4, 0.5) is 62.8 Å². The molecule has 2 amide bonds. The second kappa shape index (κ2) is 8.42. The number of rotatable bonds is 6. The van der Waals surface area contributed by atoms with Crippen LogP contribution in [0.3, 0.4) is 0 Å². The zero-order valence-electron chi connectivity index (χ0n) is 22.2. The maximum atomic E-state index is 14.6. The molecule has 0 radical (unpaired) electrons. The highest BCUT2D eigenvalue weighted by atomic mass is 19.4. The van der Waals surface area contributed by atoms with Crippen molar-refractivity contribution in [2.45, 2.75) is 70.4 Å². The predicted molar refractivity (Wildman–Crippen MR) is 119 cm³/mol. The highest BCUT2D eigenvalue weighted by Gasteiger charge is 2.91. The summed E-state index contributed by atoms with van der Waals surface area (Å²) in [6.45, 7) is 9.03. The van der Waals surface area contributed by atoms with Crippen molar-refractivity contribution in [2.75, 3.05) is 4.90 Å². The van der Waals surface area contributed by atoms with Crippen LogP contribution in [-0.4, -0.2) is 41.7 Å². The summed E-state index contributed by atoms with van der Waals surface area (Å²) in [6, 6.07) is 0.784. The Labute approximate surface area is 229 Å². The molecule has 1 aromatic carbocycles. The van der Waals surface area contributed by atoms with Gasteiger partial charge in [-0.2, -0.15) is 57.1 Å². The van der Waals surface area contributed by atoms with Crippen LogP contribution in [-0.2, 0) is 15.5 Å². The summed E-state index contributed by atoms with van der Waals surface area (Å²) in [5, 5.41) is 0. The number of anilines is 1. The van der Waals surface area contributed by atoms with Gasteiger partial charge in [0, 0.05) is 16.4 Å². The van der Waals surface area contributed by atoms with Gasteiger partial charge in [0.25, 0.3) is 0 Å². The lowest BCUT2D eigenvalue weighted by Gasteiger charge is -2.39. The molecule has 1 unspecified atom stereocenters. The number of carbonyl (C=O) groups is 2. The van der Waals surface area contributed by atoms with E-state index in [9.17, 15) is 66.7 Å². The molecule has 2 fully saturated rings.